The van der Waals surface area contributed by atoms with Gasteiger partial charge in [0.15, 0.2) is 0 Å². The Morgan fingerprint density at radius 1 is 1.04 bits per heavy atom. The van der Waals surface area contributed by atoms with Gasteiger partial charge < -0.3 is 19.6 Å². The van der Waals surface area contributed by atoms with Crippen molar-refractivity contribution < 1.29 is 14.6 Å². The van der Waals surface area contributed by atoms with Crippen molar-refractivity contribution in [2.24, 2.45) is 5.92 Å². The van der Waals surface area contributed by atoms with Gasteiger partial charge in [0, 0.05) is 63.7 Å². The molecule has 0 aromatic heterocycles. The third-order valence-corrected chi connectivity index (χ3v) is 6.30. The summed E-state index contributed by atoms with van der Waals surface area (Å²) < 4.78 is 5.49. The van der Waals surface area contributed by atoms with Crippen molar-refractivity contribution in [2.45, 2.75) is 31.7 Å². The van der Waals surface area contributed by atoms with E-state index in [9.17, 15) is 9.90 Å². The molecule has 0 radical (unpaired) electrons. The smallest absolute Gasteiger partial charge is 0.227 e. The van der Waals surface area contributed by atoms with Crippen molar-refractivity contribution in [1.82, 2.24) is 9.80 Å². The summed E-state index contributed by atoms with van der Waals surface area (Å²) in [6, 6.07) is 7.97. The Labute approximate surface area is 161 Å². The van der Waals surface area contributed by atoms with E-state index in [4.69, 9.17) is 4.74 Å². The van der Waals surface area contributed by atoms with Gasteiger partial charge in [0.25, 0.3) is 0 Å². The molecule has 0 spiro atoms. The molecule has 3 aliphatic rings. The Morgan fingerprint density at radius 2 is 1.81 bits per heavy atom. The second-order valence-electron chi connectivity index (χ2n) is 8.01. The summed E-state index contributed by atoms with van der Waals surface area (Å²) in [5, 5.41) is 9.68. The van der Waals surface area contributed by atoms with Crippen LogP contribution in [0.2, 0.25) is 0 Å². The Bertz CT molecular complexity index is 639. The van der Waals surface area contributed by atoms with E-state index in [-0.39, 0.29) is 5.92 Å². The second-order valence-corrected chi connectivity index (χ2v) is 8.01. The Morgan fingerprint density at radius 3 is 2.56 bits per heavy atom. The van der Waals surface area contributed by atoms with Crippen molar-refractivity contribution in [3.05, 3.63) is 24.3 Å². The maximum absolute atomic E-state index is 13.1. The number of anilines is 1. The fourth-order valence-corrected chi connectivity index (χ4v) is 4.72. The van der Waals surface area contributed by atoms with Crippen LogP contribution in [0, 0.1) is 5.92 Å². The standard InChI is InChI=1S/C21H31N3O3/c25-20-5-1-4-19(15-20)22-9-11-23(12-10-22)21(26)17-3-2-8-24(16-17)18-6-13-27-14-7-18/h1,4-5,15,17-18,25H,2-3,6-14,16H2. The molecular formula is C21H31N3O3. The molecule has 27 heavy (non-hydrogen) atoms. The van der Waals surface area contributed by atoms with Gasteiger partial charge in [-0.3, -0.25) is 9.69 Å². The molecule has 1 aromatic rings. The van der Waals surface area contributed by atoms with Crippen LogP contribution in [-0.4, -0.2) is 79.3 Å². The number of nitrogens with zero attached hydrogens (tertiary/aromatic N) is 3. The molecule has 3 saturated heterocycles. The van der Waals surface area contributed by atoms with Crippen LogP contribution >= 0.6 is 0 Å². The van der Waals surface area contributed by atoms with E-state index in [1.54, 1.807) is 12.1 Å². The first kappa shape index (κ1) is 18.6. The molecule has 0 aliphatic carbocycles. The fraction of sp³-hybridized carbons (Fsp3) is 0.667. The summed E-state index contributed by atoms with van der Waals surface area (Å²) in [6.07, 6.45) is 4.34. The second kappa shape index (κ2) is 8.48. The highest BCUT2D eigenvalue weighted by Gasteiger charge is 2.33. The molecule has 148 valence electrons. The molecule has 4 rings (SSSR count). The molecule has 1 aromatic carbocycles. The maximum atomic E-state index is 13.1. The highest BCUT2D eigenvalue weighted by molar-refractivity contribution is 5.79. The number of amides is 1. The number of likely N-dealkylation sites (tertiary alicyclic amines) is 1. The predicted octanol–water partition coefficient (Wildman–Crippen LogP) is 1.93. The molecule has 1 atom stereocenters. The number of carbonyl (C=O) groups excluding carboxylic acids is 1. The molecule has 3 aliphatic heterocycles. The minimum absolute atomic E-state index is 0.147. The van der Waals surface area contributed by atoms with Crippen LogP contribution in [0.5, 0.6) is 5.75 Å². The molecule has 3 heterocycles. The Balaban J connectivity index is 1.31. The average molecular weight is 373 g/mol. The van der Waals surface area contributed by atoms with Crippen LogP contribution < -0.4 is 4.90 Å². The van der Waals surface area contributed by atoms with Crippen LogP contribution in [0.1, 0.15) is 25.7 Å². The van der Waals surface area contributed by atoms with E-state index in [2.05, 4.69) is 14.7 Å². The lowest BCUT2D eigenvalue weighted by Gasteiger charge is -2.42. The van der Waals surface area contributed by atoms with Crippen LogP contribution in [0.4, 0.5) is 5.69 Å². The van der Waals surface area contributed by atoms with Gasteiger partial charge in [-0.25, -0.2) is 0 Å². The summed E-state index contributed by atoms with van der Waals surface area (Å²) in [6.45, 7) is 6.94. The zero-order valence-corrected chi connectivity index (χ0v) is 16.1. The largest absolute Gasteiger partial charge is 0.508 e. The topological polar surface area (TPSA) is 56.2 Å². The minimum atomic E-state index is 0.147. The van der Waals surface area contributed by atoms with Crippen molar-refractivity contribution in [2.75, 3.05) is 57.4 Å². The fourth-order valence-electron chi connectivity index (χ4n) is 4.72. The average Bonchev–Trinajstić information content (AvgIpc) is 2.74. The molecule has 1 amide bonds. The highest BCUT2D eigenvalue weighted by Crippen LogP contribution is 2.26. The summed E-state index contributed by atoms with van der Waals surface area (Å²) >= 11 is 0. The Kier molecular flexibility index (Phi) is 5.83. The summed E-state index contributed by atoms with van der Waals surface area (Å²) in [5.41, 5.74) is 1.03. The van der Waals surface area contributed by atoms with E-state index in [1.165, 1.54) is 0 Å². The number of piperidine rings is 1. The van der Waals surface area contributed by atoms with E-state index in [0.29, 0.717) is 17.7 Å². The Hall–Kier alpha value is -1.79. The molecule has 1 N–H and O–H groups in total. The van der Waals surface area contributed by atoms with E-state index >= 15 is 0 Å². The third-order valence-electron chi connectivity index (χ3n) is 6.30. The third kappa shape index (κ3) is 4.38. The quantitative estimate of drug-likeness (QED) is 0.877. The van der Waals surface area contributed by atoms with Gasteiger partial charge in [-0.2, -0.15) is 0 Å². The van der Waals surface area contributed by atoms with E-state index in [0.717, 1.165) is 83.9 Å². The van der Waals surface area contributed by atoms with Crippen molar-refractivity contribution in [3.63, 3.8) is 0 Å². The van der Waals surface area contributed by atoms with Gasteiger partial charge in [0.2, 0.25) is 5.91 Å². The van der Waals surface area contributed by atoms with Crippen molar-refractivity contribution >= 4 is 11.6 Å². The normalized spacial score (nSPS) is 25.6. The number of benzene rings is 1. The predicted molar refractivity (Wildman–Crippen MR) is 105 cm³/mol. The first-order valence-corrected chi connectivity index (χ1v) is 10.4. The van der Waals surface area contributed by atoms with Crippen LogP contribution in [0.25, 0.3) is 0 Å². The number of phenolic OH excluding ortho intramolecular Hbond substituents is 1. The number of carbonyl (C=O) groups is 1. The number of rotatable bonds is 3. The van der Waals surface area contributed by atoms with E-state index in [1.807, 2.05) is 12.1 Å². The molecule has 6 nitrogen and oxygen atoms in total. The zero-order chi connectivity index (χ0) is 18.6. The van der Waals surface area contributed by atoms with Gasteiger partial charge in [0.05, 0.1) is 5.92 Å². The summed E-state index contributed by atoms with van der Waals surface area (Å²) in [5.74, 6) is 0.776. The molecular weight excluding hydrogens is 342 g/mol. The van der Waals surface area contributed by atoms with Gasteiger partial charge in [0.1, 0.15) is 5.75 Å². The number of ether oxygens (including phenoxy) is 1. The molecule has 1 unspecified atom stereocenters. The van der Waals surface area contributed by atoms with Gasteiger partial charge in [-0.15, -0.1) is 0 Å². The number of hydrogen-bond acceptors (Lipinski definition) is 5. The van der Waals surface area contributed by atoms with Gasteiger partial charge in [-0.1, -0.05) is 6.07 Å². The van der Waals surface area contributed by atoms with Crippen LogP contribution in [0.3, 0.4) is 0 Å². The lowest BCUT2D eigenvalue weighted by Crippen LogP contribution is -2.54. The summed E-state index contributed by atoms with van der Waals surface area (Å²) in [4.78, 5) is 19.9. The van der Waals surface area contributed by atoms with Crippen molar-refractivity contribution in [3.8, 4) is 5.75 Å². The molecule has 3 fully saturated rings. The maximum Gasteiger partial charge on any atom is 0.227 e. The first-order chi connectivity index (χ1) is 13.2. The van der Waals surface area contributed by atoms with Crippen LogP contribution in [-0.2, 0) is 9.53 Å². The molecule has 6 heteroatoms. The lowest BCUT2D eigenvalue weighted by molar-refractivity contribution is -0.138. The SMILES string of the molecule is O=C(C1CCCN(C2CCOCC2)C1)N1CCN(c2cccc(O)c2)CC1. The number of hydrogen-bond donors (Lipinski definition) is 1. The number of piperazine rings is 1. The minimum Gasteiger partial charge on any atom is -0.508 e. The summed E-state index contributed by atoms with van der Waals surface area (Å²) in [7, 11) is 0. The zero-order valence-electron chi connectivity index (χ0n) is 16.1. The molecule has 0 bridgehead atoms. The van der Waals surface area contributed by atoms with E-state index < -0.39 is 0 Å². The monoisotopic (exact) mass is 373 g/mol. The number of phenols is 1. The lowest BCUT2D eigenvalue weighted by atomic mass is 9.93. The van der Waals surface area contributed by atoms with Gasteiger partial charge in [-0.05, 0) is 44.4 Å². The number of aromatic hydroxyl groups is 1. The van der Waals surface area contributed by atoms with Crippen LogP contribution in [0.15, 0.2) is 24.3 Å². The first-order valence-electron chi connectivity index (χ1n) is 10.4. The highest BCUT2D eigenvalue weighted by atomic mass is 16.5. The van der Waals surface area contributed by atoms with Crippen molar-refractivity contribution in [1.29, 1.82) is 0 Å². The van der Waals surface area contributed by atoms with Gasteiger partial charge >= 0.3 is 0 Å². The molecule has 0 saturated carbocycles.